The molecular formula is C22H25NO7. The molecule has 0 bridgehead atoms. The van der Waals surface area contributed by atoms with E-state index in [-0.39, 0.29) is 13.2 Å². The smallest absolute Gasteiger partial charge is 0.308 e. The lowest BCUT2D eigenvalue weighted by atomic mass is 10.1. The van der Waals surface area contributed by atoms with Crippen molar-refractivity contribution >= 4 is 11.9 Å². The fourth-order valence-corrected chi connectivity index (χ4v) is 3.15. The van der Waals surface area contributed by atoms with E-state index in [0.717, 1.165) is 5.56 Å². The van der Waals surface area contributed by atoms with Gasteiger partial charge < -0.3 is 24.1 Å². The number of benzene rings is 2. The molecule has 1 saturated heterocycles. The largest absolute Gasteiger partial charge is 0.426 e. The number of nitrogens with one attached hydrogen (secondary N) is 1. The van der Waals surface area contributed by atoms with Crippen LogP contribution < -0.4 is 14.8 Å². The number of esters is 2. The Morgan fingerprint density at radius 1 is 1.00 bits per heavy atom. The minimum atomic E-state index is -0.813. The summed E-state index contributed by atoms with van der Waals surface area (Å²) in [4.78, 5) is 22.6. The van der Waals surface area contributed by atoms with Crippen molar-refractivity contribution in [1.29, 1.82) is 0 Å². The first-order valence-electron chi connectivity index (χ1n) is 9.61. The average molecular weight is 415 g/mol. The maximum Gasteiger partial charge on any atom is 0.308 e. The Bertz CT molecular complexity index is 885. The molecule has 3 atom stereocenters. The van der Waals surface area contributed by atoms with Crippen molar-refractivity contribution in [3.05, 3.63) is 59.7 Å². The summed E-state index contributed by atoms with van der Waals surface area (Å²) in [5, 5.41) is 13.5. The number of para-hydroxylation sites is 2. The fraction of sp³-hybridized carbons (Fsp3) is 0.364. The summed E-state index contributed by atoms with van der Waals surface area (Å²) >= 11 is 0. The molecule has 3 rings (SSSR count). The van der Waals surface area contributed by atoms with Crippen molar-refractivity contribution in [1.82, 2.24) is 5.32 Å². The van der Waals surface area contributed by atoms with Gasteiger partial charge in [-0.3, -0.25) is 14.9 Å². The van der Waals surface area contributed by atoms with E-state index in [9.17, 15) is 14.7 Å². The van der Waals surface area contributed by atoms with E-state index in [2.05, 4.69) is 5.32 Å². The molecule has 160 valence electrons. The Kier molecular flexibility index (Phi) is 7.53. The predicted molar refractivity (Wildman–Crippen MR) is 107 cm³/mol. The maximum atomic E-state index is 11.3. The van der Waals surface area contributed by atoms with Gasteiger partial charge in [-0.15, -0.1) is 0 Å². The monoisotopic (exact) mass is 415 g/mol. The summed E-state index contributed by atoms with van der Waals surface area (Å²) in [6, 6.07) is 14.2. The molecular weight excluding hydrogens is 390 g/mol. The Hall–Kier alpha value is -2.78. The number of aliphatic hydroxyl groups excluding tert-OH is 1. The van der Waals surface area contributed by atoms with Crippen molar-refractivity contribution in [2.24, 2.45) is 0 Å². The molecule has 2 aromatic carbocycles. The minimum absolute atomic E-state index is 0.125. The topological polar surface area (TPSA) is 103 Å². The lowest BCUT2D eigenvalue weighted by molar-refractivity contribution is -0.133. The number of carbonyl (C=O) groups excluding carboxylic acids is 2. The fourth-order valence-electron chi connectivity index (χ4n) is 3.15. The zero-order chi connectivity index (χ0) is 21.5. The molecule has 1 unspecified atom stereocenters. The van der Waals surface area contributed by atoms with Crippen LogP contribution in [0.3, 0.4) is 0 Å². The maximum absolute atomic E-state index is 11.3. The van der Waals surface area contributed by atoms with Gasteiger partial charge in [0.25, 0.3) is 0 Å². The van der Waals surface area contributed by atoms with Crippen molar-refractivity contribution in [2.75, 3.05) is 6.61 Å². The number of aliphatic hydroxyl groups is 1. The van der Waals surface area contributed by atoms with E-state index in [1.165, 1.54) is 13.8 Å². The SMILES string of the molecule is CC(=O)Oc1ccccc1CNC1OC[C@@H](O)[C@H]1OCc1ccccc1OC(C)=O. The van der Waals surface area contributed by atoms with Gasteiger partial charge in [0.05, 0.1) is 13.2 Å². The van der Waals surface area contributed by atoms with Gasteiger partial charge in [0.2, 0.25) is 0 Å². The van der Waals surface area contributed by atoms with Gasteiger partial charge in [-0.2, -0.15) is 0 Å². The number of hydrogen-bond donors (Lipinski definition) is 2. The van der Waals surface area contributed by atoms with Crippen molar-refractivity contribution in [2.45, 2.75) is 45.4 Å². The van der Waals surface area contributed by atoms with Gasteiger partial charge in [-0.1, -0.05) is 36.4 Å². The van der Waals surface area contributed by atoms with Crippen LogP contribution in [0.2, 0.25) is 0 Å². The van der Waals surface area contributed by atoms with E-state index in [1.54, 1.807) is 30.3 Å². The molecule has 1 fully saturated rings. The van der Waals surface area contributed by atoms with E-state index < -0.39 is 30.4 Å². The normalized spacial score (nSPS) is 20.7. The Morgan fingerprint density at radius 3 is 2.20 bits per heavy atom. The summed E-state index contributed by atoms with van der Waals surface area (Å²) < 4.78 is 21.9. The molecule has 0 saturated carbocycles. The van der Waals surface area contributed by atoms with Crippen LogP contribution in [0.5, 0.6) is 11.5 Å². The lowest BCUT2D eigenvalue weighted by Gasteiger charge is -2.23. The molecule has 0 aromatic heterocycles. The van der Waals surface area contributed by atoms with Gasteiger partial charge >= 0.3 is 11.9 Å². The molecule has 0 amide bonds. The van der Waals surface area contributed by atoms with Crippen LogP contribution in [0, 0.1) is 0 Å². The number of ether oxygens (including phenoxy) is 4. The molecule has 8 nitrogen and oxygen atoms in total. The van der Waals surface area contributed by atoms with E-state index >= 15 is 0 Å². The molecule has 1 aliphatic rings. The lowest BCUT2D eigenvalue weighted by Crippen LogP contribution is -2.42. The second-order valence-electron chi connectivity index (χ2n) is 6.88. The number of rotatable bonds is 8. The number of carbonyl (C=O) groups is 2. The van der Waals surface area contributed by atoms with E-state index in [0.29, 0.717) is 23.6 Å². The Labute approximate surface area is 174 Å². The zero-order valence-corrected chi connectivity index (χ0v) is 16.9. The predicted octanol–water partition coefficient (Wildman–Crippen LogP) is 1.93. The first-order valence-corrected chi connectivity index (χ1v) is 9.61. The molecule has 1 heterocycles. The third-order valence-corrected chi connectivity index (χ3v) is 4.50. The van der Waals surface area contributed by atoms with Crippen LogP contribution in [0.25, 0.3) is 0 Å². The van der Waals surface area contributed by atoms with Crippen LogP contribution in [0.15, 0.2) is 48.5 Å². The highest BCUT2D eigenvalue weighted by Crippen LogP contribution is 2.24. The third kappa shape index (κ3) is 5.87. The second kappa shape index (κ2) is 10.3. The first kappa shape index (κ1) is 21.9. The van der Waals surface area contributed by atoms with Gasteiger partial charge in [0.15, 0.2) is 0 Å². The quantitative estimate of drug-likeness (QED) is 0.498. The zero-order valence-electron chi connectivity index (χ0n) is 16.9. The van der Waals surface area contributed by atoms with Gasteiger partial charge in [-0.05, 0) is 12.1 Å². The summed E-state index contributed by atoms with van der Waals surface area (Å²) in [5.41, 5.74) is 1.46. The van der Waals surface area contributed by atoms with Gasteiger partial charge in [0.1, 0.15) is 29.9 Å². The van der Waals surface area contributed by atoms with E-state index in [1.807, 2.05) is 18.2 Å². The standard InChI is InChI=1S/C22H25NO7/c1-14(24)29-19-9-5-3-7-16(19)11-23-22-21(18(26)13-28-22)27-12-17-8-4-6-10-20(17)30-15(2)25/h3-10,18,21-23,26H,11-13H2,1-2H3/t18-,21-,22?/m1/s1. The molecule has 0 aliphatic carbocycles. The highest BCUT2D eigenvalue weighted by Gasteiger charge is 2.37. The molecule has 0 radical (unpaired) electrons. The van der Waals surface area contributed by atoms with Crippen LogP contribution in [-0.4, -0.2) is 42.1 Å². The first-order chi connectivity index (χ1) is 14.4. The van der Waals surface area contributed by atoms with Crippen LogP contribution in [-0.2, 0) is 32.2 Å². The molecule has 8 heteroatoms. The van der Waals surface area contributed by atoms with Crippen LogP contribution >= 0.6 is 0 Å². The Balaban J connectivity index is 1.62. The highest BCUT2D eigenvalue weighted by molar-refractivity contribution is 5.70. The molecule has 0 spiro atoms. The molecule has 2 aromatic rings. The van der Waals surface area contributed by atoms with Crippen molar-refractivity contribution in [3.8, 4) is 11.5 Å². The number of hydrogen-bond acceptors (Lipinski definition) is 8. The molecule has 2 N–H and O–H groups in total. The Morgan fingerprint density at radius 2 is 1.57 bits per heavy atom. The summed E-state index contributed by atoms with van der Waals surface area (Å²) in [6.45, 7) is 3.29. The third-order valence-electron chi connectivity index (χ3n) is 4.50. The second-order valence-corrected chi connectivity index (χ2v) is 6.88. The van der Waals surface area contributed by atoms with Crippen molar-refractivity contribution < 1.29 is 33.6 Å². The summed E-state index contributed by atoms with van der Waals surface area (Å²) in [5.74, 6) is 0.0577. The van der Waals surface area contributed by atoms with Crippen LogP contribution in [0.4, 0.5) is 0 Å². The summed E-state index contributed by atoms with van der Waals surface area (Å²) in [7, 11) is 0. The highest BCUT2D eigenvalue weighted by atomic mass is 16.6. The average Bonchev–Trinajstić information content (AvgIpc) is 3.05. The van der Waals surface area contributed by atoms with Crippen molar-refractivity contribution in [3.63, 3.8) is 0 Å². The van der Waals surface area contributed by atoms with Gasteiger partial charge in [-0.25, -0.2) is 0 Å². The minimum Gasteiger partial charge on any atom is -0.426 e. The molecule has 30 heavy (non-hydrogen) atoms. The molecule has 1 aliphatic heterocycles. The van der Waals surface area contributed by atoms with Crippen LogP contribution in [0.1, 0.15) is 25.0 Å². The van der Waals surface area contributed by atoms with Gasteiger partial charge in [0, 0.05) is 31.5 Å². The summed E-state index contributed by atoms with van der Waals surface area (Å²) in [6.07, 6.45) is -2.00. The van der Waals surface area contributed by atoms with E-state index in [4.69, 9.17) is 18.9 Å².